The highest BCUT2D eigenvalue weighted by Gasteiger charge is 2.13. The van der Waals surface area contributed by atoms with E-state index in [1.165, 1.54) is 24.2 Å². The van der Waals surface area contributed by atoms with Crippen LogP contribution in [0.3, 0.4) is 0 Å². The van der Waals surface area contributed by atoms with Crippen LogP contribution in [0.4, 0.5) is 5.69 Å². The molecule has 0 aliphatic rings. The minimum Gasteiger partial charge on any atom is -0.313 e. The van der Waals surface area contributed by atoms with Gasteiger partial charge in [0.2, 0.25) is 11.7 Å². The van der Waals surface area contributed by atoms with Gasteiger partial charge in [0, 0.05) is 14.0 Å². The van der Waals surface area contributed by atoms with E-state index in [4.69, 9.17) is 5.26 Å². The predicted octanol–water partition coefficient (Wildman–Crippen LogP) is 0.825. The van der Waals surface area contributed by atoms with Crippen molar-refractivity contribution in [1.29, 1.82) is 5.26 Å². The fourth-order valence-corrected chi connectivity index (χ4v) is 1.58. The van der Waals surface area contributed by atoms with E-state index >= 15 is 0 Å². The molecule has 1 amide bonds. The molecule has 2 rings (SSSR count). The molecule has 0 aliphatic heterocycles. The van der Waals surface area contributed by atoms with Crippen LogP contribution in [0.5, 0.6) is 0 Å². The van der Waals surface area contributed by atoms with Gasteiger partial charge >= 0.3 is 0 Å². The van der Waals surface area contributed by atoms with Crippen LogP contribution in [0.1, 0.15) is 18.4 Å². The van der Waals surface area contributed by atoms with Crippen LogP contribution in [-0.4, -0.2) is 32.7 Å². The van der Waals surface area contributed by atoms with E-state index < -0.39 is 0 Å². The summed E-state index contributed by atoms with van der Waals surface area (Å²) in [5.74, 6) is 0.0347. The van der Waals surface area contributed by atoms with Crippen LogP contribution in [0.15, 0.2) is 18.6 Å². The Morgan fingerprint density at radius 2 is 2.05 bits per heavy atom. The molecule has 0 unspecified atom stereocenters. The summed E-state index contributed by atoms with van der Waals surface area (Å²) in [7, 11) is 1.69. The van der Waals surface area contributed by atoms with E-state index in [9.17, 15) is 4.79 Å². The lowest BCUT2D eigenvalue weighted by atomic mass is 10.3. The fraction of sp³-hybridized carbons (Fsp3) is 0.250. The molecule has 2 heterocycles. The van der Waals surface area contributed by atoms with E-state index in [1.807, 2.05) is 13.0 Å². The number of carbonyl (C=O) groups is 1. The maximum atomic E-state index is 11.4. The highest BCUT2D eigenvalue weighted by atomic mass is 16.2. The fourth-order valence-electron chi connectivity index (χ4n) is 1.58. The Bertz CT molecular complexity index is 652. The number of nitriles is 1. The first-order chi connectivity index (χ1) is 9.02. The first kappa shape index (κ1) is 12.7. The van der Waals surface area contributed by atoms with Gasteiger partial charge in [0.05, 0.1) is 30.0 Å². The average molecular weight is 256 g/mol. The molecule has 19 heavy (non-hydrogen) atoms. The molecule has 0 fully saturated rings. The number of amides is 1. The van der Waals surface area contributed by atoms with Gasteiger partial charge in [-0.1, -0.05) is 0 Å². The molecule has 7 nitrogen and oxygen atoms in total. The molecule has 7 heteroatoms. The third-order valence-electron chi connectivity index (χ3n) is 2.71. The molecule has 0 saturated heterocycles. The minimum atomic E-state index is -0.0706. The molecule has 2 aromatic heterocycles. The predicted molar refractivity (Wildman–Crippen MR) is 67.7 cm³/mol. The second kappa shape index (κ2) is 4.86. The Morgan fingerprint density at radius 3 is 2.58 bits per heavy atom. The van der Waals surface area contributed by atoms with Crippen molar-refractivity contribution in [3.63, 3.8) is 0 Å². The summed E-state index contributed by atoms with van der Waals surface area (Å²) < 4.78 is 1.57. The lowest BCUT2D eigenvalue weighted by Crippen LogP contribution is -2.22. The van der Waals surface area contributed by atoms with Crippen LogP contribution >= 0.6 is 0 Å². The van der Waals surface area contributed by atoms with Gasteiger partial charge in [0.1, 0.15) is 11.8 Å². The number of aryl methyl sites for hydroxylation is 1. The Morgan fingerprint density at radius 1 is 1.42 bits per heavy atom. The highest BCUT2D eigenvalue weighted by molar-refractivity contribution is 5.91. The molecular weight excluding hydrogens is 244 g/mol. The van der Waals surface area contributed by atoms with Gasteiger partial charge in [-0.05, 0) is 6.92 Å². The van der Waals surface area contributed by atoms with E-state index in [1.54, 1.807) is 17.9 Å². The number of aromatic nitrogens is 4. The smallest absolute Gasteiger partial charge is 0.232 e. The van der Waals surface area contributed by atoms with Gasteiger partial charge in [-0.3, -0.25) is 4.79 Å². The lowest BCUT2D eigenvalue weighted by molar-refractivity contribution is -0.116. The van der Waals surface area contributed by atoms with Crippen molar-refractivity contribution in [2.45, 2.75) is 13.8 Å². The molecule has 0 atom stereocenters. The van der Waals surface area contributed by atoms with Crippen molar-refractivity contribution in [2.75, 3.05) is 11.9 Å². The number of hydrogen-bond donors (Lipinski definition) is 0. The van der Waals surface area contributed by atoms with Crippen LogP contribution in [0, 0.1) is 18.3 Å². The second-order valence-electron chi connectivity index (χ2n) is 4.00. The summed E-state index contributed by atoms with van der Waals surface area (Å²) in [4.78, 5) is 20.6. The Hall–Kier alpha value is -2.75. The molecule has 0 aromatic carbocycles. The standard InChI is InChI=1S/C12H12N6O/c1-8-11(17(3)9(2)19)7-18(16-8)10-5-14-12(4-13)15-6-10/h5-7H,1-3H3. The van der Waals surface area contributed by atoms with Crippen molar-refractivity contribution >= 4 is 11.6 Å². The number of hydrogen-bond acceptors (Lipinski definition) is 5. The van der Waals surface area contributed by atoms with Gasteiger partial charge in [0.15, 0.2) is 0 Å². The summed E-state index contributed by atoms with van der Waals surface area (Å²) >= 11 is 0. The van der Waals surface area contributed by atoms with Crippen molar-refractivity contribution < 1.29 is 4.79 Å². The van der Waals surface area contributed by atoms with E-state index in [0.717, 1.165) is 11.4 Å². The van der Waals surface area contributed by atoms with Gasteiger partial charge in [-0.15, -0.1) is 0 Å². The molecule has 0 saturated carbocycles. The van der Waals surface area contributed by atoms with E-state index in [0.29, 0.717) is 5.69 Å². The van der Waals surface area contributed by atoms with Crippen molar-refractivity contribution in [2.24, 2.45) is 0 Å². The molecular formula is C12H12N6O. The Labute approximate surface area is 110 Å². The van der Waals surface area contributed by atoms with E-state index in [2.05, 4.69) is 15.1 Å². The van der Waals surface area contributed by atoms with Gasteiger partial charge in [-0.25, -0.2) is 14.6 Å². The van der Waals surface area contributed by atoms with Crippen molar-refractivity contribution in [3.8, 4) is 11.8 Å². The molecule has 96 valence electrons. The summed E-state index contributed by atoms with van der Waals surface area (Å²) in [6.45, 7) is 3.30. The Kier molecular flexibility index (Phi) is 3.25. The third-order valence-corrected chi connectivity index (χ3v) is 2.71. The van der Waals surface area contributed by atoms with E-state index in [-0.39, 0.29) is 11.7 Å². The summed E-state index contributed by atoms with van der Waals surface area (Å²) in [5.41, 5.74) is 2.07. The van der Waals surface area contributed by atoms with Crippen LogP contribution in [-0.2, 0) is 4.79 Å². The molecule has 0 bridgehead atoms. The lowest BCUT2D eigenvalue weighted by Gasteiger charge is -2.12. The SMILES string of the molecule is CC(=O)N(C)c1cn(-c2cnc(C#N)nc2)nc1C. The summed E-state index contributed by atoms with van der Waals surface area (Å²) in [5, 5.41) is 12.9. The molecule has 0 spiro atoms. The van der Waals surface area contributed by atoms with Crippen LogP contribution in [0.25, 0.3) is 5.69 Å². The minimum absolute atomic E-state index is 0.0706. The zero-order chi connectivity index (χ0) is 14.0. The number of nitrogens with zero attached hydrogens (tertiary/aromatic N) is 6. The third kappa shape index (κ3) is 2.42. The van der Waals surface area contributed by atoms with Crippen molar-refractivity contribution in [1.82, 2.24) is 19.7 Å². The normalized spacial score (nSPS) is 10.0. The van der Waals surface area contributed by atoms with Crippen LogP contribution < -0.4 is 4.90 Å². The maximum absolute atomic E-state index is 11.4. The molecule has 0 radical (unpaired) electrons. The topological polar surface area (TPSA) is 87.7 Å². The van der Waals surface area contributed by atoms with Crippen LogP contribution in [0.2, 0.25) is 0 Å². The quantitative estimate of drug-likeness (QED) is 0.794. The Balaban J connectivity index is 2.39. The van der Waals surface area contributed by atoms with Gasteiger partial charge in [0.25, 0.3) is 0 Å². The van der Waals surface area contributed by atoms with Crippen molar-refractivity contribution in [3.05, 3.63) is 30.1 Å². The first-order valence-corrected chi connectivity index (χ1v) is 5.56. The summed E-state index contributed by atoms with van der Waals surface area (Å²) in [6, 6.07) is 1.85. The molecule has 2 aromatic rings. The molecule has 0 N–H and O–H groups in total. The number of carbonyl (C=O) groups excluding carboxylic acids is 1. The zero-order valence-electron chi connectivity index (χ0n) is 10.8. The van der Waals surface area contributed by atoms with Gasteiger partial charge < -0.3 is 4.90 Å². The first-order valence-electron chi connectivity index (χ1n) is 5.56. The van der Waals surface area contributed by atoms with Gasteiger partial charge in [-0.2, -0.15) is 10.4 Å². The maximum Gasteiger partial charge on any atom is 0.232 e. The zero-order valence-corrected chi connectivity index (χ0v) is 10.8. The largest absolute Gasteiger partial charge is 0.313 e. The summed E-state index contributed by atoms with van der Waals surface area (Å²) in [6.07, 6.45) is 4.74. The monoisotopic (exact) mass is 256 g/mol. The number of anilines is 1. The average Bonchev–Trinajstić information content (AvgIpc) is 2.80. The second-order valence-corrected chi connectivity index (χ2v) is 4.00. The highest BCUT2D eigenvalue weighted by Crippen LogP contribution is 2.19. The molecule has 0 aliphatic carbocycles. The number of rotatable bonds is 2.